The van der Waals surface area contributed by atoms with Gasteiger partial charge in [-0.3, -0.25) is 0 Å². The molecule has 0 bridgehead atoms. The molecule has 0 aliphatic heterocycles. The lowest BCUT2D eigenvalue weighted by molar-refractivity contribution is -0.151. The molecule has 0 heterocycles. The zero-order valence-electron chi connectivity index (χ0n) is 6.58. The average molecular weight is 172 g/mol. The van der Waals surface area contributed by atoms with Gasteiger partial charge < -0.3 is 9.84 Å². The molecule has 1 aliphatic carbocycles. The van der Waals surface area contributed by atoms with Crippen LogP contribution in [-0.4, -0.2) is 23.9 Å². The molecule has 12 heavy (non-hydrogen) atoms. The Balaban J connectivity index is 2.82. The third kappa shape index (κ3) is 1.47. The maximum absolute atomic E-state index is 13.5. The number of hydrogen-bond donors (Lipinski definition) is 1. The fourth-order valence-electron chi connectivity index (χ4n) is 1.00. The molecule has 4 heteroatoms. The van der Waals surface area contributed by atoms with Gasteiger partial charge in [0.15, 0.2) is 0 Å². The Bertz CT molecular complexity index is 257. The molecule has 0 aromatic carbocycles. The van der Waals surface area contributed by atoms with E-state index in [0.717, 1.165) is 13.2 Å². The van der Waals surface area contributed by atoms with Gasteiger partial charge in [0.2, 0.25) is 5.67 Å². The Hall–Kier alpha value is -1.32. The predicted molar refractivity (Wildman–Crippen MR) is 40.3 cm³/mol. The van der Waals surface area contributed by atoms with Crippen LogP contribution in [0.5, 0.6) is 0 Å². The number of aliphatic hydroxyl groups excluding tert-OH is 1. The highest BCUT2D eigenvalue weighted by Crippen LogP contribution is 2.26. The van der Waals surface area contributed by atoms with Crippen LogP contribution in [0.25, 0.3) is 0 Å². The molecule has 0 aromatic rings. The van der Waals surface area contributed by atoms with Crippen molar-refractivity contribution in [2.24, 2.45) is 0 Å². The van der Waals surface area contributed by atoms with Gasteiger partial charge in [-0.15, -0.1) is 0 Å². The number of ether oxygens (including phenoxy) is 1. The first kappa shape index (κ1) is 8.77. The summed E-state index contributed by atoms with van der Waals surface area (Å²) in [5, 5.41) is 8.95. The Morgan fingerprint density at radius 1 is 1.83 bits per heavy atom. The molecule has 1 atom stereocenters. The average Bonchev–Trinajstić information content (AvgIpc) is 2.02. The van der Waals surface area contributed by atoms with Crippen LogP contribution >= 0.6 is 0 Å². The normalized spacial score (nSPS) is 28.0. The van der Waals surface area contributed by atoms with Gasteiger partial charge in [-0.05, 0) is 12.2 Å². The summed E-state index contributed by atoms with van der Waals surface area (Å²) in [4.78, 5) is 10.8. The summed E-state index contributed by atoms with van der Waals surface area (Å²) < 4.78 is 17.7. The van der Waals surface area contributed by atoms with Crippen molar-refractivity contribution in [3.63, 3.8) is 0 Å². The van der Waals surface area contributed by atoms with Gasteiger partial charge in [0.05, 0.1) is 19.3 Å². The second-order valence-corrected chi connectivity index (χ2v) is 2.55. The van der Waals surface area contributed by atoms with Gasteiger partial charge in [-0.25, -0.2) is 9.18 Å². The first-order chi connectivity index (χ1) is 5.58. The lowest BCUT2D eigenvalue weighted by atomic mass is 9.96. The Labute approximate surface area is 69.1 Å². The van der Waals surface area contributed by atoms with Gasteiger partial charge >= 0.3 is 5.97 Å². The van der Waals surface area contributed by atoms with E-state index >= 15 is 0 Å². The van der Waals surface area contributed by atoms with Crippen molar-refractivity contribution in [3.8, 4) is 0 Å². The fourth-order valence-corrected chi connectivity index (χ4v) is 1.00. The number of aliphatic hydroxyl groups is 1. The van der Waals surface area contributed by atoms with E-state index in [2.05, 4.69) is 4.74 Å². The van der Waals surface area contributed by atoms with Gasteiger partial charge in [-0.1, -0.05) is 6.08 Å². The number of carbonyl (C=O) groups is 1. The maximum atomic E-state index is 13.5. The monoisotopic (exact) mass is 172 g/mol. The molecular weight excluding hydrogens is 163 g/mol. The number of methoxy groups -OCH3 is 1. The van der Waals surface area contributed by atoms with Crippen LogP contribution in [0.15, 0.2) is 24.0 Å². The summed E-state index contributed by atoms with van der Waals surface area (Å²) in [7, 11) is 1.10. The van der Waals surface area contributed by atoms with Crippen molar-refractivity contribution >= 4 is 5.97 Å². The zero-order valence-corrected chi connectivity index (χ0v) is 6.58. The van der Waals surface area contributed by atoms with E-state index in [-0.39, 0.29) is 12.2 Å². The summed E-state index contributed by atoms with van der Waals surface area (Å²) in [6, 6.07) is 0. The van der Waals surface area contributed by atoms with Crippen LogP contribution in [0.1, 0.15) is 6.42 Å². The van der Waals surface area contributed by atoms with Crippen molar-refractivity contribution in [2.75, 3.05) is 7.11 Å². The van der Waals surface area contributed by atoms with E-state index in [1.54, 1.807) is 0 Å². The molecule has 1 unspecified atom stereocenters. The molecule has 1 aliphatic rings. The highest BCUT2D eigenvalue weighted by molar-refractivity contribution is 5.82. The molecule has 66 valence electrons. The largest absolute Gasteiger partial charge is 0.512 e. The van der Waals surface area contributed by atoms with Gasteiger partial charge in [0.25, 0.3) is 0 Å². The molecule has 0 amide bonds. The summed E-state index contributed by atoms with van der Waals surface area (Å²) in [6.07, 6.45) is 3.34. The molecule has 3 nitrogen and oxygen atoms in total. The predicted octanol–water partition coefficient (Wildman–Crippen LogP) is 1.27. The summed E-state index contributed by atoms with van der Waals surface area (Å²) in [5.74, 6) is -1.15. The molecule has 0 fully saturated rings. The van der Waals surface area contributed by atoms with E-state index in [9.17, 15) is 9.18 Å². The smallest absolute Gasteiger partial charge is 0.348 e. The van der Waals surface area contributed by atoms with Crippen LogP contribution in [0.3, 0.4) is 0 Å². The number of rotatable bonds is 1. The second-order valence-electron chi connectivity index (χ2n) is 2.55. The first-order valence-corrected chi connectivity index (χ1v) is 3.43. The standard InChI is InChI=1S/C8H9FO3/c1-12-7(11)8(9)4-2-3-6(10)5-8/h2-4,10H,5H2,1H3. The molecule has 0 aromatic heterocycles. The molecule has 0 saturated heterocycles. The minimum atomic E-state index is -2.20. The number of carbonyl (C=O) groups excluding carboxylic acids is 1. The Morgan fingerprint density at radius 2 is 2.50 bits per heavy atom. The van der Waals surface area contributed by atoms with E-state index in [4.69, 9.17) is 5.11 Å². The lowest BCUT2D eigenvalue weighted by Gasteiger charge is -2.20. The van der Waals surface area contributed by atoms with Crippen LogP contribution < -0.4 is 0 Å². The number of halogens is 1. The second kappa shape index (κ2) is 2.97. The van der Waals surface area contributed by atoms with Crippen molar-refractivity contribution in [2.45, 2.75) is 12.1 Å². The highest BCUT2D eigenvalue weighted by Gasteiger charge is 2.39. The molecule has 1 rings (SSSR count). The first-order valence-electron chi connectivity index (χ1n) is 3.43. The SMILES string of the molecule is COC(=O)C1(F)C=CC=C(O)C1. The van der Waals surface area contributed by atoms with Crippen LogP contribution in [0.2, 0.25) is 0 Å². The number of allylic oxidation sites excluding steroid dienone is 3. The van der Waals surface area contributed by atoms with Gasteiger partial charge in [0.1, 0.15) is 0 Å². The van der Waals surface area contributed by atoms with Crippen LogP contribution in [0, 0.1) is 0 Å². The number of esters is 1. The zero-order chi connectivity index (χ0) is 9.19. The van der Waals surface area contributed by atoms with E-state index in [0.29, 0.717) is 0 Å². The van der Waals surface area contributed by atoms with Crippen LogP contribution in [-0.2, 0) is 9.53 Å². The highest BCUT2D eigenvalue weighted by atomic mass is 19.1. The van der Waals surface area contributed by atoms with E-state index in [1.165, 1.54) is 12.2 Å². The van der Waals surface area contributed by atoms with Gasteiger partial charge in [-0.2, -0.15) is 0 Å². The molecule has 0 spiro atoms. The molecular formula is C8H9FO3. The minimum Gasteiger partial charge on any atom is -0.512 e. The quantitative estimate of drug-likeness (QED) is 0.606. The lowest BCUT2D eigenvalue weighted by Crippen LogP contribution is -2.34. The van der Waals surface area contributed by atoms with Gasteiger partial charge in [0, 0.05) is 0 Å². The van der Waals surface area contributed by atoms with Crippen molar-refractivity contribution < 1.29 is 19.0 Å². The summed E-state index contributed by atoms with van der Waals surface area (Å²) in [6.45, 7) is 0. The molecule has 1 N–H and O–H groups in total. The summed E-state index contributed by atoms with van der Waals surface area (Å²) >= 11 is 0. The fraction of sp³-hybridized carbons (Fsp3) is 0.375. The van der Waals surface area contributed by atoms with E-state index < -0.39 is 11.6 Å². The number of alkyl halides is 1. The number of hydrogen-bond acceptors (Lipinski definition) is 3. The van der Waals surface area contributed by atoms with E-state index in [1.807, 2.05) is 0 Å². The molecule has 0 saturated carbocycles. The third-order valence-electron chi connectivity index (χ3n) is 1.61. The summed E-state index contributed by atoms with van der Waals surface area (Å²) in [5.41, 5.74) is -2.20. The Morgan fingerprint density at radius 3 is 3.00 bits per heavy atom. The topological polar surface area (TPSA) is 46.5 Å². The van der Waals surface area contributed by atoms with Crippen LogP contribution in [0.4, 0.5) is 4.39 Å². The van der Waals surface area contributed by atoms with Crippen molar-refractivity contribution in [3.05, 3.63) is 24.0 Å². The third-order valence-corrected chi connectivity index (χ3v) is 1.61. The van der Waals surface area contributed by atoms with Crippen molar-refractivity contribution in [1.82, 2.24) is 0 Å². The molecule has 0 radical (unpaired) electrons. The minimum absolute atomic E-state index is 0.162. The maximum Gasteiger partial charge on any atom is 0.348 e. The Kier molecular flexibility index (Phi) is 2.17. The van der Waals surface area contributed by atoms with Crippen molar-refractivity contribution in [1.29, 1.82) is 0 Å².